The van der Waals surface area contributed by atoms with Crippen molar-refractivity contribution in [3.63, 3.8) is 0 Å². The third-order valence-corrected chi connectivity index (χ3v) is 9.19. The number of carbonyl (C=O) groups is 2. The zero-order valence-corrected chi connectivity index (χ0v) is 26.7. The number of benzene rings is 2. The molecule has 0 aliphatic carbocycles. The molecule has 2 aromatic carbocycles. The summed E-state index contributed by atoms with van der Waals surface area (Å²) in [5.41, 5.74) is 2.63. The number of aryl methyl sites for hydroxylation is 2. The fourth-order valence-corrected chi connectivity index (χ4v) is 6.93. The molecule has 1 atom stereocenters. The summed E-state index contributed by atoms with van der Waals surface area (Å²) in [5, 5.41) is 23.7. The van der Waals surface area contributed by atoms with E-state index in [0.29, 0.717) is 63.3 Å². The van der Waals surface area contributed by atoms with Crippen LogP contribution in [0.4, 0.5) is 16.3 Å². The Hall–Kier alpha value is -4.32. The second kappa shape index (κ2) is 13.4. The van der Waals surface area contributed by atoms with E-state index in [0.717, 1.165) is 34.3 Å². The van der Waals surface area contributed by atoms with Gasteiger partial charge in [-0.2, -0.15) is 0 Å². The maximum atomic E-state index is 13.5. The van der Waals surface area contributed by atoms with Crippen LogP contribution in [0.2, 0.25) is 0 Å². The van der Waals surface area contributed by atoms with E-state index < -0.39 is 6.03 Å². The second-order valence-corrected chi connectivity index (χ2v) is 12.7. The molecule has 0 saturated carbocycles. The van der Waals surface area contributed by atoms with Gasteiger partial charge < -0.3 is 35.0 Å². The molecular weight excluding hydrogens is 640 g/mol. The van der Waals surface area contributed by atoms with Crippen molar-refractivity contribution in [1.82, 2.24) is 20.1 Å². The Morgan fingerprint density at radius 1 is 1.02 bits per heavy atom. The lowest BCUT2D eigenvalue weighted by Crippen LogP contribution is -2.46. The minimum absolute atomic E-state index is 0.0226. The Labute approximate surface area is 270 Å². The first-order valence-electron chi connectivity index (χ1n) is 15.3. The third-order valence-electron chi connectivity index (χ3n) is 8.76. The lowest BCUT2D eigenvalue weighted by molar-refractivity contribution is -0.133. The molecule has 12 heteroatoms. The van der Waals surface area contributed by atoms with Gasteiger partial charge in [-0.1, -0.05) is 18.2 Å². The smallest absolute Gasteiger partial charge is 0.345 e. The number of hydrogen-bond donors (Lipinski definition) is 3. The van der Waals surface area contributed by atoms with Gasteiger partial charge >= 0.3 is 12.1 Å². The van der Waals surface area contributed by atoms with Gasteiger partial charge in [0.15, 0.2) is 0 Å². The number of piperidine rings is 1. The number of para-hydroxylation sites is 1. The molecule has 3 N–H and O–H groups in total. The Morgan fingerprint density at radius 3 is 2.51 bits per heavy atom. The van der Waals surface area contributed by atoms with Gasteiger partial charge in [-0.15, -0.1) is 4.99 Å². The van der Waals surface area contributed by atoms with Crippen molar-refractivity contribution < 1.29 is 24.5 Å². The second-order valence-electron chi connectivity index (χ2n) is 11.8. The number of pyridine rings is 1. The minimum Gasteiger partial charge on any atom is -0.508 e. The van der Waals surface area contributed by atoms with Crippen LogP contribution >= 0.6 is 15.9 Å². The largest absolute Gasteiger partial charge is 0.508 e. The highest BCUT2D eigenvalue weighted by molar-refractivity contribution is 9.10. The monoisotopic (exact) mass is 676 g/mol. The van der Waals surface area contributed by atoms with E-state index in [1.54, 1.807) is 12.3 Å². The highest BCUT2D eigenvalue weighted by Crippen LogP contribution is 2.45. The first kappa shape index (κ1) is 30.7. The zero-order valence-electron chi connectivity index (χ0n) is 25.2. The molecule has 1 unspecified atom stereocenters. The number of urea groups is 1. The van der Waals surface area contributed by atoms with E-state index >= 15 is 0 Å². The van der Waals surface area contributed by atoms with Gasteiger partial charge in [0.2, 0.25) is 5.91 Å². The van der Waals surface area contributed by atoms with Crippen molar-refractivity contribution in [3.05, 3.63) is 70.3 Å². The number of amides is 3. The summed E-state index contributed by atoms with van der Waals surface area (Å²) >= 11 is 3.54. The number of anilines is 2. The van der Waals surface area contributed by atoms with Crippen molar-refractivity contribution in [3.8, 4) is 17.2 Å². The van der Waals surface area contributed by atoms with Crippen molar-refractivity contribution in [2.24, 2.45) is 10.9 Å². The number of rotatable bonds is 4. The van der Waals surface area contributed by atoms with Gasteiger partial charge in [-0.05, 0) is 89.3 Å². The molecule has 1 aromatic heterocycles. The number of nitrogens with one attached hydrogen (secondary N) is 1. The van der Waals surface area contributed by atoms with Gasteiger partial charge in [0.05, 0.1) is 5.69 Å². The number of amidine groups is 1. The van der Waals surface area contributed by atoms with Crippen molar-refractivity contribution >= 4 is 45.4 Å². The van der Waals surface area contributed by atoms with Crippen LogP contribution in [-0.2, 0) is 17.6 Å². The number of carbonyl (C=O) groups excluding carboxylic acids is 2. The van der Waals surface area contributed by atoms with Gasteiger partial charge in [0, 0.05) is 62.4 Å². The predicted molar refractivity (Wildman–Crippen MR) is 174 cm³/mol. The lowest BCUT2D eigenvalue weighted by Gasteiger charge is -2.40. The van der Waals surface area contributed by atoms with Crippen LogP contribution in [0.1, 0.15) is 36.8 Å². The number of aliphatic imine (C=N–C) groups is 1. The average molecular weight is 678 g/mol. The summed E-state index contributed by atoms with van der Waals surface area (Å²) in [5.74, 6) is 1.69. The molecule has 3 aromatic rings. The van der Waals surface area contributed by atoms with E-state index in [9.17, 15) is 19.8 Å². The number of ether oxygens (including phenoxy) is 1. The number of phenols is 2. The SMILES string of the molecule is CNC(=O)/N=C(/Oc1ccccc1)N1CCC(CC(=O)N2CCC(N3c4ncc(Br)cc4CCc4cc(O)cc(O)c43)CC2)C1. The molecular formula is C33H37BrN6O5. The first-order valence-corrected chi connectivity index (χ1v) is 16.1. The van der Waals surface area contributed by atoms with Gasteiger partial charge in [-0.3, -0.25) is 4.79 Å². The van der Waals surface area contributed by atoms with E-state index in [2.05, 4.69) is 37.2 Å². The number of likely N-dealkylation sites (tertiary alicyclic amines) is 2. The fourth-order valence-electron chi connectivity index (χ4n) is 6.55. The van der Waals surface area contributed by atoms with Crippen molar-refractivity contribution in [1.29, 1.82) is 0 Å². The zero-order chi connectivity index (χ0) is 31.5. The molecule has 2 saturated heterocycles. The van der Waals surface area contributed by atoms with Crippen LogP contribution in [0.5, 0.6) is 17.2 Å². The number of phenolic OH excluding ortho intramolecular Hbond substituents is 2. The van der Waals surface area contributed by atoms with Crippen LogP contribution in [-0.4, -0.2) is 82.2 Å². The van der Waals surface area contributed by atoms with Crippen LogP contribution < -0.4 is 15.0 Å². The summed E-state index contributed by atoms with van der Waals surface area (Å²) in [6.45, 7) is 2.39. The summed E-state index contributed by atoms with van der Waals surface area (Å²) in [6.07, 6.45) is 5.80. The van der Waals surface area contributed by atoms with E-state index in [4.69, 9.17) is 9.72 Å². The highest BCUT2D eigenvalue weighted by Gasteiger charge is 2.35. The van der Waals surface area contributed by atoms with E-state index in [1.807, 2.05) is 40.1 Å². The van der Waals surface area contributed by atoms with Crippen molar-refractivity contribution in [2.45, 2.75) is 44.6 Å². The number of aromatic nitrogens is 1. The summed E-state index contributed by atoms with van der Waals surface area (Å²) in [4.78, 5) is 40.4. The Balaban J connectivity index is 1.11. The number of aromatic hydroxyl groups is 2. The number of nitrogens with zero attached hydrogens (tertiary/aromatic N) is 5. The molecule has 11 nitrogen and oxygen atoms in total. The molecule has 3 amide bonds. The molecule has 2 fully saturated rings. The van der Waals surface area contributed by atoms with Gasteiger partial charge in [-0.25, -0.2) is 9.78 Å². The quantitative estimate of drug-likeness (QED) is 0.261. The Kier molecular flexibility index (Phi) is 9.11. The molecule has 0 spiro atoms. The molecule has 0 radical (unpaired) electrons. The highest BCUT2D eigenvalue weighted by atomic mass is 79.9. The standard InChI is InChI=1S/C33H37BrN6O5/c1-35-32(44)37-33(45-27-5-3-2-4-6-27)39-12-9-21(20-39)15-29(43)38-13-10-25(11-14-38)40-30-22(17-26(41)18-28(30)42)7-8-23-16-24(34)19-36-31(23)40/h2-6,16-19,21,25,41-42H,7-15,20H2,1H3,(H,35,44)/b37-33+. The van der Waals surface area contributed by atoms with Crippen LogP contribution in [0.25, 0.3) is 0 Å². The summed E-state index contributed by atoms with van der Waals surface area (Å²) in [6, 6.07) is 14.1. The summed E-state index contributed by atoms with van der Waals surface area (Å²) < 4.78 is 6.86. The molecule has 4 heterocycles. The topological polar surface area (TPSA) is 131 Å². The van der Waals surface area contributed by atoms with Gasteiger partial charge in [0.25, 0.3) is 0 Å². The third kappa shape index (κ3) is 6.85. The number of hydrogen-bond acceptors (Lipinski definition) is 7. The number of fused-ring (bicyclic) bond motifs is 2. The molecule has 6 rings (SSSR count). The van der Waals surface area contributed by atoms with Gasteiger partial charge in [0.1, 0.15) is 23.1 Å². The summed E-state index contributed by atoms with van der Waals surface area (Å²) in [7, 11) is 1.52. The van der Waals surface area contributed by atoms with E-state index in [-0.39, 0.29) is 35.4 Å². The minimum atomic E-state index is -0.495. The molecule has 3 aliphatic heterocycles. The normalized spacial score (nSPS) is 18.7. The predicted octanol–water partition coefficient (Wildman–Crippen LogP) is 4.97. The fraction of sp³-hybridized carbons (Fsp3) is 0.394. The average Bonchev–Trinajstić information content (AvgIpc) is 3.43. The maximum Gasteiger partial charge on any atom is 0.345 e. The lowest BCUT2D eigenvalue weighted by atomic mass is 9.98. The number of halogens is 1. The molecule has 3 aliphatic rings. The Morgan fingerprint density at radius 2 is 1.76 bits per heavy atom. The Bertz CT molecular complexity index is 1590. The van der Waals surface area contributed by atoms with Crippen molar-refractivity contribution in [2.75, 3.05) is 38.1 Å². The van der Waals surface area contributed by atoms with Crippen LogP contribution in [0.3, 0.4) is 0 Å². The first-order chi connectivity index (χ1) is 21.8. The van der Waals surface area contributed by atoms with Crippen LogP contribution in [0.15, 0.2) is 64.2 Å². The molecule has 236 valence electrons. The van der Waals surface area contributed by atoms with E-state index in [1.165, 1.54) is 13.1 Å². The molecule has 45 heavy (non-hydrogen) atoms. The molecule has 0 bridgehead atoms. The van der Waals surface area contributed by atoms with Crippen LogP contribution in [0, 0.1) is 5.92 Å². The maximum absolute atomic E-state index is 13.5.